The second-order valence-corrected chi connectivity index (χ2v) is 4.80. The number of hydrogen-bond donors (Lipinski definition) is 2. The summed E-state index contributed by atoms with van der Waals surface area (Å²) in [7, 11) is 1.66. The first-order valence-corrected chi connectivity index (χ1v) is 6.65. The van der Waals surface area contributed by atoms with E-state index in [-0.39, 0.29) is 0 Å². The quantitative estimate of drug-likeness (QED) is 0.785. The molecule has 1 fully saturated rings. The molecule has 1 aromatic rings. The van der Waals surface area contributed by atoms with Crippen LogP contribution in [0.1, 0.15) is 19.8 Å². The van der Waals surface area contributed by atoms with E-state index in [0.717, 1.165) is 30.2 Å². The minimum atomic E-state index is 0.641. The van der Waals surface area contributed by atoms with Crippen molar-refractivity contribution in [3.05, 3.63) is 18.2 Å². The lowest BCUT2D eigenvalue weighted by atomic mass is 10.2. The zero-order valence-electron chi connectivity index (χ0n) is 11.3. The lowest BCUT2D eigenvalue weighted by Gasteiger charge is -2.23. The van der Waals surface area contributed by atoms with Crippen LogP contribution in [0.4, 0.5) is 11.4 Å². The summed E-state index contributed by atoms with van der Waals surface area (Å²) in [6, 6.07) is 6.41. The van der Waals surface area contributed by atoms with Crippen molar-refractivity contribution in [1.82, 2.24) is 4.90 Å². The summed E-state index contributed by atoms with van der Waals surface area (Å²) in [6.07, 6.45) is 2.58. The van der Waals surface area contributed by atoms with Crippen molar-refractivity contribution in [2.24, 2.45) is 0 Å². The highest BCUT2D eigenvalue weighted by Crippen LogP contribution is 2.23. The molecule has 0 bridgehead atoms. The summed E-state index contributed by atoms with van der Waals surface area (Å²) in [5, 5.41) is 3.46. The topological polar surface area (TPSA) is 50.5 Å². The Hall–Kier alpha value is -1.42. The van der Waals surface area contributed by atoms with Gasteiger partial charge in [-0.15, -0.1) is 0 Å². The summed E-state index contributed by atoms with van der Waals surface area (Å²) in [5.74, 6) is 0.802. The number of benzene rings is 1. The van der Waals surface area contributed by atoms with Crippen molar-refractivity contribution in [3.8, 4) is 5.75 Å². The van der Waals surface area contributed by atoms with E-state index in [2.05, 4.69) is 17.1 Å². The van der Waals surface area contributed by atoms with Crippen LogP contribution in [0.25, 0.3) is 0 Å². The molecule has 1 aliphatic heterocycles. The lowest BCUT2D eigenvalue weighted by molar-refractivity contribution is 0.277. The second-order valence-electron chi connectivity index (χ2n) is 4.80. The molecule has 3 N–H and O–H groups in total. The molecular formula is C14H23N3O. The number of ether oxygens (including phenoxy) is 1. The van der Waals surface area contributed by atoms with Crippen molar-refractivity contribution in [2.75, 3.05) is 37.8 Å². The number of likely N-dealkylation sites (N-methyl/N-ethyl adjacent to an activating group) is 1. The average Bonchev–Trinajstić information content (AvgIpc) is 2.83. The van der Waals surface area contributed by atoms with Crippen molar-refractivity contribution in [2.45, 2.75) is 25.8 Å². The molecule has 0 saturated carbocycles. The van der Waals surface area contributed by atoms with Gasteiger partial charge in [0.2, 0.25) is 0 Å². The summed E-state index contributed by atoms with van der Waals surface area (Å²) in [4.78, 5) is 2.52. The predicted octanol–water partition coefficient (Wildman–Crippen LogP) is 2.17. The van der Waals surface area contributed by atoms with Gasteiger partial charge in [0, 0.05) is 36.1 Å². The first-order valence-electron chi connectivity index (χ1n) is 6.65. The van der Waals surface area contributed by atoms with E-state index in [1.165, 1.54) is 19.4 Å². The molecule has 0 amide bonds. The van der Waals surface area contributed by atoms with Crippen molar-refractivity contribution in [1.29, 1.82) is 0 Å². The molecule has 4 heteroatoms. The maximum atomic E-state index is 5.84. The number of nitrogen functional groups attached to an aromatic ring is 1. The van der Waals surface area contributed by atoms with Gasteiger partial charge in [-0.25, -0.2) is 0 Å². The van der Waals surface area contributed by atoms with Gasteiger partial charge < -0.3 is 15.8 Å². The number of likely N-dealkylation sites (tertiary alicyclic amines) is 1. The molecule has 1 saturated heterocycles. The first kappa shape index (κ1) is 13.0. The summed E-state index contributed by atoms with van der Waals surface area (Å²) in [5.41, 5.74) is 7.61. The zero-order valence-corrected chi connectivity index (χ0v) is 11.3. The normalized spacial score (nSPS) is 20.0. The molecule has 0 spiro atoms. The smallest absolute Gasteiger partial charge is 0.122 e. The van der Waals surface area contributed by atoms with Crippen LogP contribution in [0, 0.1) is 0 Å². The van der Waals surface area contributed by atoms with E-state index in [1.54, 1.807) is 7.11 Å². The fraction of sp³-hybridized carbons (Fsp3) is 0.571. The number of nitrogens with two attached hydrogens (primary N) is 1. The van der Waals surface area contributed by atoms with E-state index < -0.39 is 0 Å². The number of methoxy groups -OCH3 is 1. The second kappa shape index (κ2) is 5.96. The Morgan fingerprint density at radius 2 is 2.28 bits per heavy atom. The largest absolute Gasteiger partial charge is 0.497 e. The van der Waals surface area contributed by atoms with E-state index in [9.17, 15) is 0 Å². The monoisotopic (exact) mass is 249 g/mol. The number of anilines is 2. The Morgan fingerprint density at radius 1 is 1.44 bits per heavy atom. The highest BCUT2D eigenvalue weighted by molar-refractivity contribution is 5.59. The van der Waals surface area contributed by atoms with Gasteiger partial charge in [-0.3, -0.25) is 4.90 Å². The molecule has 1 heterocycles. The van der Waals surface area contributed by atoms with E-state index in [1.807, 2.05) is 18.2 Å². The highest BCUT2D eigenvalue weighted by atomic mass is 16.5. The van der Waals surface area contributed by atoms with Crippen molar-refractivity contribution in [3.63, 3.8) is 0 Å². The molecule has 1 unspecified atom stereocenters. The van der Waals surface area contributed by atoms with Gasteiger partial charge in [0.1, 0.15) is 5.75 Å². The van der Waals surface area contributed by atoms with Crippen LogP contribution in [0.15, 0.2) is 18.2 Å². The third-order valence-corrected chi connectivity index (χ3v) is 3.61. The molecule has 0 aliphatic carbocycles. The minimum absolute atomic E-state index is 0.641. The molecule has 4 nitrogen and oxygen atoms in total. The van der Waals surface area contributed by atoms with E-state index in [4.69, 9.17) is 10.5 Å². The Balaban J connectivity index is 1.95. The third-order valence-electron chi connectivity index (χ3n) is 3.61. The van der Waals surface area contributed by atoms with Gasteiger partial charge in [0.15, 0.2) is 0 Å². The van der Waals surface area contributed by atoms with Gasteiger partial charge in [-0.1, -0.05) is 6.92 Å². The molecule has 100 valence electrons. The molecule has 0 aromatic heterocycles. The molecule has 1 aromatic carbocycles. The molecule has 0 radical (unpaired) electrons. The van der Waals surface area contributed by atoms with Crippen LogP contribution < -0.4 is 15.8 Å². The van der Waals surface area contributed by atoms with Gasteiger partial charge >= 0.3 is 0 Å². The summed E-state index contributed by atoms with van der Waals surface area (Å²) >= 11 is 0. The van der Waals surface area contributed by atoms with Gasteiger partial charge in [-0.05, 0) is 32.0 Å². The molecule has 1 atom stereocenters. The Bertz CT molecular complexity index is 395. The first-order chi connectivity index (χ1) is 8.72. The average molecular weight is 249 g/mol. The van der Waals surface area contributed by atoms with Crippen LogP contribution in [-0.2, 0) is 0 Å². The molecule has 18 heavy (non-hydrogen) atoms. The standard InChI is InChI=1S/C14H23N3O/c1-3-17-6-4-5-13(17)10-16-12-7-11(15)8-14(9-12)18-2/h7-9,13,16H,3-6,10,15H2,1-2H3. The fourth-order valence-corrected chi connectivity index (χ4v) is 2.62. The van der Waals surface area contributed by atoms with E-state index in [0.29, 0.717) is 6.04 Å². The van der Waals surface area contributed by atoms with Gasteiger partial charge in [0.25, 0.3) is 0 Å². The SMILES string of the molecule is CCN1CCCC1CNc1cc(N)cc(OC)c1. The Kier molecular flexibility index (Phi) is 4.31. The minimum Gasteiger partial charge on any atom is -0.497 e. The lowest BCUT2D eigenvalue weighted by Crippen LogP contribution is -2.34. The number of rotatable bonds is 5. The van der Waals surface area contributed by atoms with Crippen LogP contribution in [0.3, 0.4) is 0 Å². The Labute approximate surface area is 109 Å². The molecule has 1 aliphatic rings. The number of nitrogens with one attached hydrogen (secondary N) is 1. The van der Waals surface area contributed by atoms with Crippen LogP contribution >= 0.6 is 0 Å². The highest BCUT2D eigenvalue weighted by Gasteiger charge is 2.22. The van der Waals surface area contributed by atoms with Crippen LogP contribution in [0.2, 0.25) is 0 Å². The molecule has 2 rings (SSSR count). The van der Waals surface area contributed by atoms with Gasteiger partial charge in [-0.2, -0.15) is 0 Å². The fourth-order valence-electron chi connectivity index (χ4n) is 2.62. The zero-order chi connectivity index (χ0) is 13.0. The number of nitrogens with zero attached hydrogens (tertiary/aromatic N) is 1. The van der Waals surface area contributed by atoms with Crippen molar-refractivity contribution >= 4 is 11.4 Å². The van der Waals surface area contributed by atoms with Crippen LogP contribution in [-0.4, -0.2) is 37.7 Å². The Morgan fingerprint density at radius 3 is 3.00 bits per heavy atom. The number of hydrogen-bond acceptors (Lipinski definition) is 4. The van der Waals surface area contributed by atoms with E-state index >= 15 is 0 Å². The maximum absolute atomic E-state index is 5.84. The van der Waals surface area contributed by atoms with Gasteiger partial charge in [0.05, 0.1) is 7.11 Å². The van der Waals surface area contributed by atoms with Crippen molar-refractivity contribution < 1.29 is 4.74 Å². The summed E-state index contributed by atoms with van der Waals surface area (Å²) < 4.78 is 5.22. The van der Waals surface area contributed by atoms with Crippen LogP contribution in [0.5, 0.6) is 5.75 Å². The molecular weight excluding hydrogens is 226 g/mol. The third kappa shape index (κ3) is 3.07. The predicted molar refractivity (Wildman–Crippen MR) is 76.2 cm³/mol. The summed E-state index contributed by atoms with van der Waals surface area (Å²) in [6.45, 7) is 5.55. The maximum Gasteiger partial charge on any atom is 0.122 e.